The van der Waals surface area contributed by atoms with E-state index in [0.717, 1.165) is 43.5 Å². The first-order valence-corrected chi connectivity index (χ1v) is 7.36. The van der Waals surface area contributed by atoms with Crippen LogP contribution in [-0.2, 0) is 0 Å². The number of hydrogen-bond donors (Lipinski definition) is 1. The summed E-state index contributed by atoms with van der Waals surface area (Å²) in [5, 5.41) is 4.24. The topological polar surface area (TPSA) is 18.5 Å². The lowest BCUT2D eigenvalue weighted by atomic mass is 10.1. The predicted molar refractivity (Wildman–Crippen MR) is 85.8 cm³/mol. The number of anilines is 1. The highest BCUT2D eigenvalue weighted by Crippen LogP contribution is 2.17. The van der Waals surface area contributed by atoms with Crippen LogP contribution in [0.15, 0.2) is 18.2 Å². The third kappa shape index (κ3) is 3.67. The Morgan fingerprint density at radius 1 is 1.21 bits per heavy atom. The number of likely N-dealkylation sites (N-methyl/N-ethyl adjacent to an activating group) is 1. The molecule has 19 heavy (non-hydrogen) atoms. The number of hydrogen-bond acceptors (Lipinski definition) is 2. The van der Waals surface area contributed by atoms with Crippen LogP contribution in [0.25, 0.3) is 0 Å². The maximum atomic E-state index is 5.53. The van der Waals surface area contributed by atoms with Gasteiger partial charge in [-0.2, -0.15) is 0 Å². The standard InChI is InChI=1S/C15H23N3S/c1-4-17-7-9-18(10-8-17)15(19)16-14-11-12(2)5-6-13(14)3/h5-6,11H,4,7-10H2,1-3H3,(H,16,19). The molecule has 1 aromatic rings. The molecule has 0 aromatic heterocycles. The van der Waals surface area contributed by atoms with Gasteiger partial charge in [0.2, 0.25) is 0 Å². The first-order chi connectivity index (χ1) is 9.10. The monoisotopic (exact) mass is 277 g/mol. The molecule has 1 heterocycles. The summed E-state index contributed by atoms with van der Waals surface area (Å²) in [6, 6.07) is 6.42. The largest absolute Gasteiger partial charge is 0.346 e. The van der Waals surface area contributed by atoms with Gasteiger partial charge in [-0.1, -0.05) is 19.1 Å². The normalized spacial score (nSPS) is 16.5. The zero-order valence-corrected chi connectivity index (χ0v) is 12.9. The molecule has 0 unspecified atom stereocenters. The Bertz CT molecular complexity index is 451. The van der Waals surface area contributed by atoms with Gasteiger partial charge in [-0.3, -0.25) is 0 Å². The van der Waals surface area contributed by atoms with Crippen molar-refractivity contribution in [1.82, 2.24) is 9.80 Å². The van der Waals surface area contributed by atoms with E-state index in [2.05, 4.69) is 54.1 Å². The molecule has 0 saturated carbocycles. The zero-order valence-electron chi connectivity index (χ0n) is 12.1. The molecule has 0 bridgehead atoms. The molecule has 4 heteroatoms. The lowest BCUT2D eigenvalue weighted by molar-refractivity contribution is 0.191. The summed E-state index contributed by atoms with van der Waals surface area (Å²) in [5.74, 6) is 0. The highest BCUT2D eigenvalue weighted by Gasteiger charge is 2.17. The van der Waals surface area contributed by atoms with Crippen LogP contribution in [0.1, 0.15) is 18.1 Å². The van der Waals surface area contributed by atoms with Crippen molar-refractivity contribution in [2.24, 2.45) is 0 Å². The van der Waals surface area contributed by atoms with E-state index < -0.39 is 0 Å². The van der Waals surface area contributed by atoms with Gasteiger partial charge in [-0.05, 0) is 49.8 Å². The van der Waals surface area contributed by atoms with E-state index in [0.29, 0.717) is 0 Å². The molecule has 0 atom stereocenters. The summed E-state index contributed by atoms with van der Waals surface area (Å²) < 4.78 is 0. The summed E-state index contributed by atoms with van der Waals surface area (Å²) in [6.45, 7) is 11.8. The summed E-state index contributed by atoms with van der Waals surface area (Å²) in [4.78, 5) is 4.72. The van der Waals surface area contributed by atoms with Gasteiger partial charge in [0.05, 0.1) is 0 Å². The molecule has 1 saturated heterocycles. The highest BCUT2D eigenvalue weighted by molar-refractivity contribution is 7.80. The number of nitrogens with one attached hydrogen (secondary N) is 1. The van der Waals surface area contributed by atoms with Gasteiger partial charge in [0, 0.05) is 31.9 Å². The average molecular weight is 277 g/mol. The van der Waals surface area contributed by atoms with Crippen molar-refractivity contribution in [3.63, 3.8) is 0 Å². The molecule has 0 spiro atoms. The number of piperazine rings is 1. The second-order valence-electron chi connectivity index (χ2n) is 5.17. The molecule has 3 nitrogen and oxygen atoms in total. The Morgan fingerprint density at radius 2 is 1.89 bits per heavy atom. The highest BCUT2D eigenvalue weighted by atomic mass is 32.1. The number of aryl methyl sites for hydroxylation is 2. The van der Waals surface area contributed by atoms with Gasteiger partial charge in [0.25, 0.3) is 0 Å². The predicted octanol–water partition coefficient (Wildman–Crippen LogP) is 2.64. The van der Waals surface area contributed by atoms with E-state index in [1.807, 2.05) is 0 Å². The molecule has 0 radical (unpaired) electrons. The third-order valence-electron chi connectivity index (χ3n) is 3.74. The maximum absolute atomic E-state index is 5.53. The fourth-order valence-corrected chi connectivity index (χ4v) is 2.62. The minimum absolute atomic E-state index is 0.851. The van der Waals surface area contributed by atoms with Crippen LogP contribution in [0.3, 0.4) is 0 Å². The number of thiocarbonyl (C=S) groups is 1. The molecular weight excluding hydrogens is 254 g/mol. The quantitative estimate of drug-likeness (QED) is 0.837. The third-order valence-corrected chi connectivity index (χ3v) is 4.10. The van der Waals surface area contributed by atoms with Gasteiger partial charge in [0.1, 0.15) is 0 Å². The van der Waals surface area contributed by atoms with E-state index in [4.69, 9.17) is 12.2 Å². The van der Waals surface area contributed by atoms with E-state index >= 15 is 0 Å². The van der Waals surface area contributed by atoms with Crippen LogP contribution in [0, 0.1) is 13.8 Å². The van der Waals surface area contributed by atoms with Crippen LogP contribution in [0.2, 0.25) is 0 Å². The van der Waals surface area contributed by atoms with Gasteiger partial charge in [-0.25, -0.2) is 0 Å². The molecule has 1 fully saturated rings. The number of rotatable bonds is 2. The Hall–Kier alpha value is -1.13. The fourth-order valence-electron chi connectivity index (χ4n) is 2.33. The minimum Gasteiger partial charge on any atom is -0.346 e. The summed E-state index contributed by atoms with van der Waals surface area (Å²) in [5.41, 5.74) is 3.62. The van der Waals surface area contributed by atoms with Crippen molar-refractivity contribution >= 4 is 23.0 Å². The maximum Gasteiger partial charge on any atom is 0.173 e. The van der Waals surface area contributed by atoms with Gasteiger partial charge in [0.15, 0.2) is 5.11 Å². The molecular formula is C15H23N3S. The lowest BCUT2D eigenvalue weighted by Crippen LogP contribution is -2.49. The van der Waals surface area contributed by atoms with Crippen LogP contribution in [0.5, 0.6) is 0 Å². The first kappa shape index (κ1) is 14.3. The molecule has 2 rings (SSSR count). The smallest absolute Gasteiger partial charge is 0.173 e. The molecule has 0 aliphatic carbocycles. The molecule has 0 amide bonds. The van der Waals surface area contributed by atoms with E-state index in [1.54, 1.807) is 0 Å². The molecule has 1 N–H and O–H groups in total. The molecule has 1 aliphatic rings. The number of nitrogens with zero attached hydrogens (tertiary/aromatic N) is 2. The van der Waals surface area contributed by atoms with Crippen LogP contribution < -0.4 is 5.32 Å². The Kier molecular flexibility index (Phi) is 4.77. The summed E-state index contributed by atoms with van der Waals surface area (Å²) in [6.07, 6.45) is 0. The fraction of sp³-hybridized carbons (Fsp3) is 0.533. The van der Waals surface area contributed by atoms with Crippen molar-refractivity contribution < 1.29 is 0 Å². The average Bonchev–Trinajstić information content (AvgIpc) is 2.43. The SMILES string of the molecule is CCN1CCN(C(=S)Nc2cc(C)ccc2C)CC1. The zero-order chi connectivity index (χ0) is 13.8. The van der Waals surface area contributed by atoms with Crippen molar-refractivity contribution in [1.29, 1.82) is 0 Å². The second kappa shape index (κ2) is 6.35. The number of benzene rings is 1. The van der Waals surface area contributed by atoms with Crippen LogP contribution in [0.4, 0.5) is 5.69 Å². The summed E-state index contributed by atoms with van der Waals surface area (Å²) in [7, 11) is 0. The van der Waals surface area contributed by atoms with Gasteiger partial charge < -0.3 is 15.1 Å². The van der Waals surface area contributed by atoms with E-state index in [1.165, 1.54) is 11.1 Å². The van der Waals surface area contributed by atoms with Crippen molar-refractivity contribution in [3.8, 4) is 0 Å². The molecule has 104 valence electrons. The second-order valence-corrected chi connectivity index (χ2v) is 5.56. The van der Waals surface area contributed by atoms with Gasteiger partial charge in [-0.15, -0.1) is 0 Å². The Balaban J connectivity index is 1.96. The Morgan fingerprint density at radius 3 is 2.53 bits per heavy atom. The summed E-state index contributed by atoms with van der Waals surface area (Å²) >= 11 is 5.53. The van der Waals surface area contributed by atoms with Crippen LogP contribution >= 0.6 is 12.2 Å². The van der Waals surface area contributed by atoms with Crippen LogP contribution in [-0.4, -0.2) is 47.6 Å². The first-order valence-electron chi connectivity index (χ1n) is 6.95. The van der Waals surface area contributed by atoms with Crippen molar-refractivity contribution in [2.75, 3.05) is 38.0 Å². The molecule has 1 aliphatic heterocycles. The van der Waals surface area contributed by atoms with Crippen molar-refractivity contribution in [3.05, 3.63) is 29.3 Å². The lowest BCUT2D eigenvalue weighted by Gasteiger charge is -2.35. The van der Waals surface area contributed by atoms with Gasteiger partial charge >= 0.3 is 0 Å². The minimum atomic E-state index is 0.851. The Labute approximate surface area is 121 Å². The van der Waals surface area contributed by atoms with E-state index in [-0.39, 0.29) is 0 Å². The molecule has 1 aromatic carbocycles. The van der Waals surface area contributed by atoms with Crippen molar-refractivity contribution in [2.45, 2.75) is 20.8 Å². The van der Waals surface area contributed by atoms with E-state index in [9.17, 15) is 0 Å².